The van der Waals surface area contributed by atoms with E-state index in [1.165, 1.54) is 31.3 Å². The summed E-state index contributed by atoms with van der Waals surface area (Å²) >= 11 is 0.829. The highest BCUT2D eigenvalue weighted by atomic mass is 32.2. The van der Waals surface area contributed by atoms with Crippen molar-refractivity contribution in [3.05, 3.63) is 88.7 Å². The molecule has 192 valence electrons. The Bertz CT molecular complexity index is 1650. The molecule has 37 heavy (non-hydrogen) atoms. The van der Waals surface area contributed by atoms with Crippen LogP contribution >= 0.6 is 11.3 Å². The van der Waals surface area contributed by atoms with Gasteiger partial charge in [0.05, 0.1) is 27.4 Å². The first-order valence-electron chi connectivity index (χ1n) is 11.0. The second-order valence-corrected chi connectivity index (χ2v) is 10.7. The van der Waals surface area contributed by atoms with Crippen molar-refractivity contribution in [2.24, 2.45) is 4.99 Å². The molecule has 1 heterocycles. The van der Waals surface area contributed by atoms with Crippen LogP contribution < -0.4 is 9.11 Å². The third-order valence-electron chi connectivity index (χ3n) is 5.36. The average Bonchev–Trinajstić information content (AvgIpc) is 3.20. The smallest absolute Gasteiger partial charge is 0.326 e. The predicted molar refractivity (Wildman–Crippen MR) is 135 cm³/mol. The summed E-state index contributed by atoms with van der Waals surface area (Å²) in [6.45, 7) is 1.27. The molecule has 0 bridgehead atoms. The summed E-state index contributed by atoms with van der Waals surface area (Å²) in [6.07, 6.45) is 0. The van der Waals surface area contributed by atoms with Crippen molar-refractivity contribution < 1.29 is 31.5 Å². The highest BCUT2D eigenvalue weighted by molar-refractivity contribution is 7.92. The van der Waals surface area contributed by atoms with E-state index in [1.807, 2.05) is 0 Å². The Hall–Kier alpha value is -3.90. The Balaban J connectivity index is 1.70. The van der Waals surface area contributed by atoms with E-state index in [4.69, 9.17) is 4.74 Å². The quantitative estimate of drug-likeness (QED) is 0.326. The lowest BCUT2D eigenvalue weighted by Crippen LogP contribution is -2.26. The third-order valence-corrected chi connectivity index (χ3v) is 8.19. The van der Waals surface area contributed by atoms with Crippen LogP contribution in [0.4, 0.5) is 14.5 Å². The minimum atomic E-state index is -3.88. The molecule has 0 spiro atoms. The molecule has 0 atom stereocenters. The number of ether oxygens (including phenoxy) is 1. The van der Waals surface area contributed by atoms with Gasteiger partial charge in [0.15, 0.2) is 10.6 Å². The number of aromatic nitrogens is 1. The molecule has 0 N–H and O–H groups in total. The van der Waals surface area contributed by atoms with Crippen LogP contribution in [0.25, 0.3) is 10.2 Å². The number of benzene rings is 3. The maximum atomic E-state index is 14.6. The van der Waals surface area contributed by atoms with Gasteiger partial charge in [-0.15, -0.1) is 0 Å². The van der Waals surface area contributed by atoms with Crippen molar-refractivity contribution in [3.63, 3.8) is 0 Å². The number of hydrogen-bond acceptors (Lipinski definition) is 6. The Labute approximate surface area is 215 Å². The van der Waals surface area contributed by atoms with Crippen LogP contribution in [0.3, 0.4) is 0 Å². The molecule has 3 aromatic carbocycles. The molecule has 1 aromatic heterocycles. The van der Waals surface area contributed by atoms with Crippen LogP contribution in [-0.2, 0) is 26.1 Å². The van der Waals surface area contributed by atoms with Gasteiger partial charge in [-0.2, -0.15) is 4.99 Å². The third kappa shape index (κ3) is 5.44. The summed E-state index contributed by atoms with van der Waals surface area (Å²) in [6, 6.07) is 15.4. The van der Waals surface area contributed by atoms with Gasteiger partial charge in [0.25, 0.3) is 15.9 Å². The first-order valence-corrected chi connectivity index (χ1v) is 13.2. The molecule has 0 fully saturated rings. The van der Waals surface area contributed by atoms with Crippen LogP contribution in [0.15, 0.2) is 76.6 Å². The molecule has 0 unspecified atom stereocenters. The fraction of sp³-hybridized carbons (Fsp3) is 0.160. The van der Waals surface area contributed by atoms with E-state index < -0.39 is 40.1 Å². The lowest BCUT2D eigenvalue weighted by atomic mass is 10.2. The number of esters is 1. The molecule has 4 rings (SSSR count). The van der Waals surface area contributed by atoms with E-state index >= 15 is 0 Å². The zero-order valence-corrected chi connectivity index (χ0v) is 21.4. The second-order valence-electron chi connectivity index (χ2n) is 7.76. The Morgan fingerprint density at radius 1 is 1.05 bits per heavy atom. The largest absolute Gasteiger partial charge is 0.465 e. The SMILES string of the molecule is CCOC(=O)Cn1c(=NC(=O)c2ccc(S(=O)(=O)N(C)c3ccccc3)cc2)sc2cc(F)cc(F)c21. The molecule has 0 aliphatic heterocycles. The molecule has 8 nitrogen and oxygen atoms in total. The molecule has 1 amide bonds. The molecular formula is C25H21F2N3O5S2. The van der Waals surface area contributed by atoms with Gasteiger partial charge in [-0.1, -0.05) is 29.5 Å². The number of para-hydroxylation sites is 1. The number of halogens is 2. The van der Waals surface area contributed by atoms with Gasteiger partial charge in [-0.3, -0.25) is 13.9 Å². The van der Waals surface area contributed by atoms with Gasteiger partial charge >= 0.3 is 5.97 Å². The van der Waals surface area contributed by atoms with Gasteiger partial charge in [0.1, 0.15) is 12.4 Å². The van der Waals surface area contributed by atoms with Crippen LogP contribution in [0.2, 0.25) is 0 Å². The molecular weight excluding hydrogens is 524 g/mol. The highest BCUT2D eigenvalue weighted by Crippen LogP contribution is 2.24. The number of sulfonamides is 1. The van der Waals surface area contributed by atoms with Gasteiger partial charge in [0, 0.05) is 18.7 Å². The number of fused-ring (bicyclic) bond motifs is 1. The first kappa shape index (κ1) is 26.2. The number of rotatable bonds is 7. The zero-order chi connectivity index (χ0) is 26.7. The van der Waals surface area contributed by atoms with Crippen LogP contribution in [0, 0.1) is 11.6 Å². The maximum absolute atomic E-state index is 14.6. The minimum absolute atomic E-state index is 0.0350. The summed E-state index contributed by atoms with van der Waals surface area (Å²) < 4.78 is 61.6. The Kier molecular flexibility index (Phi) is 7.50. The summed E-state index contributed by atoms with van der Waals surface area (Å²) in [7, 11) is -2.46. The topological polar surface area (TPSA) is 98.0 Å². The fourth-order valence-electron chi connectivity index (χ4n) is 3.55. The lowest BCUT2D eigenvalue weighted by molar-refractivity contribution is -0.143. The van der Waals surface area contributed by atoms with Crippen molar-refractivity contribution >= 4 is 49.1 Å². The lowest BCUT2D eigenvalue weighted by Gasteiger charge is -2.19. The molecule has 4 aromatic rings. The van der Waals surface area contributed by atoms with Crippen molar-refractivity contribution in [2.45, 2.75) is 18.4 Å². The van der Waals surface area contributed by atoms with E-state index in [0.29, 0.717) is 11.8 Å². The summed E-state index contributed by atoms with van der Waals surface area (Å²) in [5.41, 5.74) is 0.446. The number of anilines is 1. The molecule has 0 saturated carbocycles. The van der Waals surface area contributed by atoms with Crippen molar-refractivity contribution in [3.8, 4) is 0 Å². The fourth-order valence-corrected chi connectivity index (χ4v) is 5.82. The predicted octanol–water partition coefficient (Wildman–Crippen LogP) is 4.11. The van der Waals surface area contributed by atoms with Crippen molar-refractivity contribution in [1.29, 1.82) is 0 Å². The Morgan fingerprint density at radius 2 is 1.73 bits per heavy atom. The van der Waals surface area contributed by atoms with Crippen molar-refractivity contribution in [1.82, 2.24) is 4.57 Å². The van der Waals surface area contributed by atoms with Crippen molar-refractivity contribution in [2.75, 3.05) is 18.0 Å². The maximum Gasteiger partial charge on any atom is 0.326 e. The monoisotopic (exact) mass is 545 g/mol. The summed E-state index contributed by atoms with van der Waals surface area (Å²) in [5.74, 6) is -3.17. The normalized spacial score (nSPS) is 12.1. The minimum Gasteiger partial charge on any atom is -0.465 e. The number of amides is 1. The molecule has 0 aliphatic rings. The zero-order valence-electron chi connectivity index (χ0n) is 19.7. The van der Waals surface area contributed by atoms with Gasteiger partial charge in [-0.25, -0.2) is 17.2 Å². The molecule has 0 saturated heterocycles. The Morgan fingerprint density at radius 3 is 2.38 bits per heavy atom. The number of hydrogen-bond donors (Lipinski definition) is 0. The summed E-state index contributed by atoms with van der Waals surface area (Å²) in [4.78, 5) is 28.9. The number of nitrogens with zero attached hydrogens (tertiary/aromatic N) is 3. The highest BCUT2D eigenvalue weighted by Gasteiger charge is 2.22. The van der Waals surface area contributed by atoms with Gasteiger partial charge in [-0.05, 0) is 49.4 Å². The molecule has 12 heteroatoms. The van der Waals surface area contributed by atoms with E-state index in [-0.39, 0.29) is 32.1 Å². The van der Waals surface area contributed by atoms with Gasteiger partial charge in [0.2, 0.25) is 0 Å². The van der Waals surface area contributed by atoms with Crippen LogP contribution in [0.1, 0.15) is 17.3 Å². The van der Waals surface area contributed by atoms with E-state index in [2.05, 4.69) is 4.99 Å². The van der Waals surface area contributed by atoms with E-state index in [0.717, 1.165) is 26.3 Å². The number of carbonyl (C=O) groups is 2. The molecule has 0 aliphatic carbocycles. The summed E-state index contributed by atoms with van der Waals surface area (Å²) in [5, 5.41) is 0. The number of thiazole rings is 1. The first-order chi connectivity index (χ1) is 17.6. The van der Waals surface area contributed by atoms with Gasteiger partial charge < -0.3 is 9.30 Å². The van der Waals surface area contributed by atoms with E-state index in [9.17, 15) is 26.8 Å². The molecule has 0 radical (unpaired) electrons. The average molecular weight is 546 g/mol. The standard InChI is InChI=1S/C25H21F2N3O5S2/c1-3-35-22(31)15-30-23-20(27)13-17(26)14-21(23)36-25(30)28-24(32)16-9-11-19(12-10-16)37(33,34)29(2)18-7-5-4-6-8-18/h4-14H,3,15H2,1-2H3. The van der Waals surface area contributed by atoms with Crippen LogP contribution in [0.5, 0.6) is 0 Å². The number of carbonyl (C=O) groups excluding carboxylic acids is 2. The van der Waals surface area contributed by atoms with E-state index in [1.54, 1.807) is 37.3 Å². The van der Waals surface area contributed by atoms with Crippen LogP contribution in [-0.4, -0.2) is 38.5 Å². The second kappa shape index (κ2) is 10.6.